The zero-order valence-electron chi connectivity index (χ0n) is 14.9. The van der Waals surface area contributed by atoms with Crippen molar-refractivity contribution in [3.8, 4) is 5.69 Å². The molecule has 2 atom stereocenters. The summed E-state index contributed by atoms with van der Waals surface area (Å²) < 4.78 is 40.7. The maximum Gasteiger partial charge on any atom is 0.391 e. The lowest BCUT2D eigenvalue weighted by atomic mass is 9.85. The Labute approximate surface area is 155 Å². The van der Waals surface area contributed by atoms with Crippen LogP contribution in [0.2, 0.25) is 0 Å². The van der Waals surface area contributed by atoms with Gasteiger partial charge in [0.05, 0.1) is 17.3 Å². The summed E-state index contributed by atoms with van der Waals surface area (Å²) in [6.45, 7) is 0. The van der Waals surface area contributed by atoms with Gasteiger partial charge in [-0.3, -0.25) is 4.79 Å². The molecule has 1 aromatic heterocycles. The van der Waals surface area contributed by atoms with E-state index in [1.165, 1.54) is 0 Å². The number of benzene rings is 1. The van der Waals surface area contributed by atoms with E-state index in [1.807, 2.05) is 30.3 Å². The molecule has 4 rings (SSSR count). The minimum atomic E-state index is -4.20. The van der Waals surface area contributed by atoms with E-state index in [0.717, 1.165) is 24.2 Å². The third-order valence-corrected chi connectivity index (χ3v) is 5.43. The van der Waals surface area contributed by atoms with Crippen molar-refractivity contribution in [2.45, 2.75) is 56.7 Å². The highest BCUT2D eigenvalue weighted by atomic mass is 19.4. The molecule has 2 unspecified atom stereocenters. The fraction of sp³-hybridized carbons (Fsp3) is 0.500. The van der Waals surface area contributed by atoms with E-state index < -0.39 is 18.1 Å². The van der Waals surface area contributed by atoms with Crippen LogP contribution in [-0.4, -0.2) is 27.9 Å². The number of hydrogen-bond donors (Lipinski definition) is 1. The van der Waals surface area contributed by atoms with Crippen LogP contribution in [-0.2, 0) is 0 Å². The topological polar surface area (TPSA) is 46.9 Å². The quantitative estimate of drug-likeness (QED) is 0.846. The van der Waals surface area contributed by atoms with Gasteiger partial charge in [-0.2, -0.15) is 18.3 Å². The van der Waals surface area contributed by atoms with Crippen molar-refractivity contribution < 1.29 is 18.0 Å². The van der Waals surface area contributed by atoms with E-state index >= 15 is 0 Å². The van der Waals surface area contributed by atoms with Crippen molar-refractivity contribution in [1.82, 2.24) is 15.1 Å². The standard InChI is InChI=1S/C20H22F3N3O/c21-20(22,23)14-5-4-6-15(11-14)24-19(27)18-12-17(13-9-10-13)25-26(18)16-7-2-1-3-8-16/h1-3,7-8,12-15H,4-6,9-11H2,(H,24,27). The fourth-order valence-corrected chi connectivity index (χ4v) is 3.78. The summed E-state index contributed by atoms with van der Waals surface area (Å²) in [4.78, 5) is 12.9. The van der Waals surface area contributed by atoms with Gasteiger partial charge in [0.1, 0.15) is 5.69 Å². The van der Waals surface area contributed by atoms with Crippen molar-refractivity contribution in [2.24, 2.45) is 5.92 Å². The first-order chi connectivity index (χ1) is 12.9. The van der Waals surface area contributed by atoms with Gasteiger partial charge in [0, 0.05) is 12.0 Å². The molecule has 0 aliphatic heterocycles. The molecule has 1 N–H and O–H groups in total. The minimum Gasteiger partial charge on any atom is -0.348 e. The van der Waals surface area contributed by atoms with E-state index in [4.69, 9.17) is 0 Å². The summed E-state index contributed by atoms with van der Waals surface area (Å²) in [5.41, 5.74) is 2.03. The van der Waals surface area contributed by atoms with Crippen LogP contribution in [0.3, 0.4) is 0 Å². The second-order valence-corrected chi connectivity index (χ2v) is 7.55. The number of halogens is 3. The number of carbonyl (C=O) groups excluding carboxylic acids is 1. The molecule has 2 fully saturated rings. The Hall–Kier alpha value is -2.31. The summed E-state index contributed by atoms with van der Waals surface area (Å²) in [7, 11) is 0. The molecule has 0 spiro atoms. The largest absolute Gasteiger partial charge is 0.391 e. The molecule has 1 heterocycles. The van der Waals surface area contributed by atoms with Gasteiger partial charge in [0.25, 0.3) is 5.91 Å². The van der Waals surface area contributed by atoms with E-state index in [2.05, 4.69) is 10.4 Å². The van der Waals surface area contributed by atoms with E-state index in [9.17, 15) is 18.0 Å². The molecule has 0 bridgehead atoms. The van der Waals surface area contributed by atoms with Crippen LogP contribution in [0.15, 0.2) is 36.4 Å². The van der Waals surface area contributed by atoms with Crippen molar-refractivity contribution in [3.63, 3.8) is 0 Å². The lowest BCUT2D eigenvalue weighted by molar-refractivity contribution is -0.183. The van der Waals surface area contributed by atoms with Crippen molar-refractivity contribution >= 4 is 5.91 Å². The molecule has 144 valence electrons. The lowest BCUT2D eigenvalue weighted by Gasteiger charge is -2.31. The number of rotatable bonds is 4. The van der Waals surface area contributed by atoms with E-state index in [1.54, 1.807) is 10.7 Å². The minimum absolute atomic E-state index is 0.0514. The highest BCUT2D eigenvalue weighted by Crippen LogP contribution is 2.40. The Kier molecular flexibility index (Phi) is 4.70. The van der Waals surface area contributed by atoms with Crippen molar-refractivity contribution in [1.29, 1.82) is 0 Å². The van der Waals surface area contributed by atoms with Crippen LogP contribution < -0.4 is 5.32 Å². The number of carbonyl (C=O) groups is 1. The first-order valence-corrected chi connectivity index (χ1v) is 9.45. The highest BCUT2D eigenvalue weighted by Gasteiger charge is 2.42. The Morgan fingerprint density at radius 2 is 1.85 bits per heavy atom. The molecule has 2 saturated carbocycles. The van der Waals surface area contributed by atoms with Crippen LogP contribution in [0.1, 0.15) is 60.6 Å². The molecule has 27 heavy (non-hydrogen) atoms. The number of hydrogen-bond acceptors (Lipinski definition) is 2. The van der Waals surface area contributed by atoms with E-state index in [0.29, 0.717) is 24.5 Å². The molecule has 4 nitrogen and oxygen atoms in total. The van der Waals surface area contributed by atoms with Gasteiger partial charge in [-0.1, -0.05) is 24.6 Å². The zero-order chi connectivity index (χ0) is 19.0. The Balaban J connectivity index is 1.55. The summed E-state index contributed by atoms with van der Waals surface area (Å²) in [5.74, 6) is -1.31. The average Bonchev–Trinajstić information content (AvgIpc) is 3.40. The van der Waals surface area contributed by atoms with Crippen LogP contribution >= 0.6 is 0 Å². The van der Waals surface area contributed by atoms with Gasteiger partial charge in [-0.15, -0.1) is 0 Å². The molecular weight excluding hydrogens is 355 g/mol. The summed E-state index contributed by atoms with van der Waals surface area (Å²) >= 11 is 0. The van der Waals surface area contributed by atoms with Crippen LogP contribution in [0.4, 0.5) is 13.2 Å². The van der Waals surface area contributed by atoms with Gasteiger partial charge < -0.3 is 5.32 Å². The Morgan fingerprint density at radius 3 is 2.52 bits per heavy atom. The summed E-state index contributed by atoms with van der Waals surface area (Å²) in [6.07, 6.45) is -0.943. The average molecular weight is 377 g/mol. The number of alkyl halides is 3. The van der Waals surface area contributed by atoms with Gasteiger partial charge in [0.15, 0.2) is 0 Å². The fourth-order valence-electron chi connectivity index (χ4n) is 3.78. The molecule has 2 aromatic rings. The van der Waals surface area contributed by atoms with E-state index in [-0.39, 0.29) is 18.7 Å². The molecule has 2 aliphatic rings. The predicted octanol–water partition coefficient (Wildman–Crippen LogP) is 4.60. The van der Waals surface area contributed by atoms with Crippen LogP contribution in [0, 0.1) is 5.92 Å². The predicted molar refractivity (Wildman–Crippen MR) is 94.8 cm³/mol. The third kappa shape index (κ3) is 4.01. The van der Waals surface area contributed by atoms with Crippen LogP contribution in [0.5, 0.6) is 0 Å². The SMILES string of the molecule is O=C(NC1CCCC(C(F)(F)F)C1)c1cc(C2CC2)nn1-c1ccccc1. The lowest BCUT2D eigenvalue weighted by Crippen LogP contribution is -2.42. The molecule has 1 aromatic carbocycles. The number of nitrogens with one attached hydrogen (secondary N) is 1. The van der Waals surface area contributed by atoms with Gasteiger partial charge >= 0.3 is 6.18 Å². The number of aromatic nitrogens is 2. The number of amides is 1. The number of nitrogens with zero attached hydrogens (tertiary/aromatic N) is 2. The number of para-hydroxylation sites is 1. The maximum atomic E-state index is 13.0. The Morgan fingerprint density at radius 1 is 1.11 bits per heavy atom. The van der Waals surface area contributed by atoms with Gasteiger partial charge in [0.2, 0.25) is 0 Å². The smallest absolute Gasteiger partial charge is 0.348 e. The van der Waals surface area contributed by atoms with Crippen LogP contribution in [0.25, 0.3) is 5.69 Å². The zero-order valence-corrected chi connectivity index (χ0v) is 14.9. The summed E-state index contributed by atoms with van der Waals surface area (Å²) in [6, 6.07) is 10.7. The summed E-state index contributed by atoms with van der Waals surface area (Å²) in [5, 5.41) is 7.41. The molecule has 7 heteroatoms. The van der Waals surface area contributed by atoms with Gasteiger partial charge in [-0.25, -0.2) is 4.68 Å². The normalized spacial score (nSPS) is 23.2. The van der Waals surface area contributed by atoms with Crippen molar-refractivity contribution in [3.05, 3.63) is 47.8 Å². The molecule has 1 amide bonds. The third-order valence-electron chi connectivity index (χ3n) is 5.43. The first-order valence-electron chi connectivity index (χ1n) is 9.45. The second kappa shape index (κ2) is 7.02. The molecule has 2 aliphatic carbocycles. The molecular formula is C20H22F3N3O. The van der Waals surface area contributed by atoms with Crippen molar-refractivity contribution in [2.75, 3.05) is 0 Å². The van der Waals surface area contributed by atoms with Gasteiger partial charge in [-0.05, 0) is 50.3 Å². The second-order valence-electron chi connectivity index (χ2n) is 7.55. The Bertz CT molecular complexity index is 812. The molecule has 0 saturated heterocycles. The maximum absolute atomic E-state index is 13.0. The first kappa shape index (κ1) is 18.1. The highest BCUT2D eigenvalue weighted by molar-refractivity contribution is 5.93. The molecule has 0 radical (unpaired) electrons. The monoisotopic (exact) mass is 377 g/mol.